The third-order valence-electron chi connectivity index (χ3n) is 2.61. The van der Waals surface area contributed by atoms with Crippen LogP contribution in [0.15, 0.2) is 29.2 Å². The van der Waals surface area contributed by atoms with Crippen molar-refractivity contribution in [2.75, 3.05) is 23.3 Å². The minimum atomic E-state index is -4.51. The van der Waals surface area contributed by atoms with E-state index in [1.165, 1.54) is 12.1 Å². The Balaban J connectivity index is 2.98. The van der Waals surface area contributed by atoms with Crippen LogP contribution in [0.25, 0.3) is 0 Å². The second kappa shape index (κ2) is 7.19. The molecule has 0 aliphatic rings. The standard InChI is InChI=1S/C12H16BrF2NO2S/c1-2-8-16(9-7-13)10-3-5-11(6-4-10)19(17,18)12(14)15/h3-6,12H,2,7-9H2,1H3. The van der Waals surface area contributed by atoms with E-state index in [-0.39, 0.29) is 4.90 Å². The Bertz CT molecular complexity index is 485. The maximum atomic E-state index is 12.4. The molecule has 19 heavy (non-hydrogen) atoms. The Morgan fingerprint density at radius 2 is 1.79 bits per heavy atom. The number of rotatable bonds is 7. The lowest BCUT2D eigenvalue weighted by Crippen LogP contribution is -2.26. The molecule has 0 fully saturated rings. The van der Waals surface area contributed by atoms with Crippen LogP contribution in [-0.4, -0.2) is 32.6 Å². The first-order valence-electron chi connectivity index (χ1n) is 5.86. The number of hydrogen-bond donors (Lipinski definition) is 0. The average Bonchev–Trinajstić information content (AvgIpc) is 2.38. The minimum Gasteiger partial charge on any atom is -0.371 e. The van der Waals surface area contributed by atoms with Crippen LogP contribution in [0.3, 0.4) is 0 Å². The lowest BCUT2D eigenvalue weighted by atomic mass is 10.2. The van der Waals surface area contributed by atoms with Crippen molar-refractivity contribution in [2.24, 2.45) is 0 Å². The molecule has 0 spiro atoms. The summed E-state index contributed by atoms with van der Waals surface area (Å²) in [6.45, 7) is 3.64. The van der Waals surface area contributed by atoms with E-state index in [1.54, 1.807) is 12.1 Å². The monoisotopic (exact) mass is 355 g/mol. The molecular weight excluding hydrogens is 340 g/mol. The first-order valence-corrected chi connectivity index (χ1v) is 8.53. The summed E-state index contributed by atoms with van der Waals surface area (Å²) in [5.74, 6) is -3.38. The molecule has 0 aliphatic carbocycles. The van der Waals surface area contributed by atoms with Crippen molar-refractivity contribution < 1.29 is 17.2 Å². The minimum absolute atomic E-state index is 0.346. The highest BCUT2D eigenvalue weighted by atomic mass is 79.9. The van der Waals surface area contributed by atoms with Crippen molar-refractivity contribution >= 4 is 31.5 Å². The smallest absolute Gasteiger partial charge is 0.341 e. The topological polar surface area (TPSA) is 37.4 Å². The Morgan fingerprint density at radius 1 is 1.21 bits per heavy atom. The molecule has 0 N–H and O–H groups in total. The summed E-state index contributed by atoms with van der Waals surface area (Å²) in [5, 5.41) is 0.782. The van der Waals surface area contributed by atoms with Gasteiger partial charge >= 0.3 is 5.76 Å². The molecule has 0 atom stereocenters. The predicted octanol–water partition coefficient (Wildman–Crippen LogP) is 3.29. The normalized spacial score (nSPS) is 11.8. The Kier molecular flexibility index (Phi) is 6.19. The predicted molar refractivity (Wildman–Crippen MR) is 75.9 cm³/mol. The lowest BCUT2D eigenvalue weighted by Gasteiger charge is -2.23. The van der Waals surface area contributed by atoms with Gasteiger partial charge in [0.25, 0.3) is 0 Å². The first-order chi connectivity index (χ1) is 8.93. The van der Waals surface area contributed by atoms with Gasteiger partial charge in [-0.25, -0.2) is 8.42 Å². The van der Waals surface area contributed by atoms with Crippen LogP contribution >= 0.6 is 15.9 Å². The quantitative estimate of drug-likeness (QED) is 0.704. The zero-order valence-corrected chi connectivity index (χ0v) is 12.9. The lowest BCUT2D eigenvalue weighted by molar-refractivity contribution is 0.234. The fraction of sp³-hybridized carbons (Fsp3) is 0.500. The van der Waals surface area contributed by atoms with E-state index in [9.17, 15) is 17.2 Å². The third-order valence-corrected chi connectivity index (χ3v) is 4.37. The number of hydrogen-bond acceptors (Lipinski definition) is 3. The van der Waals surface area contributed by atoms with Gasteiger partial charge in [0, 0.05) is 24.1 Å². The summed E-state index contributed by atoms with van der Waals surface area (Å²) in [6, 6.07) is 5.59. The molecule has 0 amide bonds. The molecule has 7 heteroatoms. The molecule has 0 bridgehead atoms. The van der Waals surface area contributed by atoms with Crippen LogP contribution in [0.2, 0.25) is 0 Å². The Morgan fingerprint density at radius 3 is 2.21 bits per heavy atom. The van der Waals surface area contributed by atoms with Crippen molar-refractivity contribution in [1.29, 1.82) is 0 Å². The maximum Gasteiger partial charge on any atom is 0.341 e. The van der Waals surface area contributed by atoms with E-state index in [2.05, 4.69) is 20.8 Å². The summed E-state index contributed by atoms with van der Waals surface area (Å²) in [5.41, 5.74) is 0.828. The van der Waals surface area contributed by atoms with Gasteiger partial charge in [-0.15, -0.1) is 0 Å². The van der Waals surface area contributed by atoms with E-state index in [4.69, 9.17) is 0 Å². The molecule has 0 saturated heterocycles. The van der Waals surface area contributed by atoms with E-state index in [0.717, 1.165) is 30.5 Å². The molecule has 0 saturated carbocycles. The van der Waals surface area contributed by atoms with Crippen molar-refractivity contribution in [3.05, 3.63) is 24.3 Å². The molecule has 0 heterocycles. The second-order valence-corrected chi connectivity index (χ2v) is 6.69. The molecule has 0 aromatic heterocycles. The van der Waals surface area contributed by atoms with Gasteiger partial charge < -0.3 is 4.90 Å². The molecule has 1 rings (SSSR count). The summed E-state index contributed by atoms with van der Waals surface area (Å²) in [7, 11) is -4.51. The zero-order valence-electron chi connectivity index (χ0n) is 10.5. The van der Waals surface area contributed by atoms with Crippen LogP contribution in [0.1, 0.15) is 13.3 Å². The number of halogens is 3. The van der Waals surface area contributed by atoms with E-state index in [1.807, 2.05) is 6.92 Å². The van der Waals surface area contributed by atoms with Crippen LogP contribution < -0.4 is 4.90 Å². The molecule has 0 radical (unpaired) electrons. The van der Waals surface area contributed by atoms with Crippen LogP contribution in [0, 0.1) is 0 Å². The number of benzene rings is 1. The maximum absolute atomic E-state index is 12.4. The van der Waals surface area contributed by atoms with Crippen molar-refractivity contribution in [3.8, 4) is 0 Å². The largest absolute Gasteiger partial charge is 0.371 e. The fourth-order valence-corrected chi connectivity index (χ4v) is 2.84. The molecule has 0 aliphatic heterocycles. The fourth-order valence-electron chi connectivity index (χ4n) is 1.69. The van der Waals surface area contributed by atoms with Crippen LogP contribution in [0.5, 0.6) is 0 Å². The Hall–Kier alpha value is -0.690. The highest BCUT2D eigenvalue weighted by molar-refractivity contribution is 9.09. The number of anilines is 1. The summed E-state index contributed by atoms with van der Waals surface area (Å²) >= 11 is 3.35. The van der Waals surface area contributed by atoms with Crippen molar-refractivity contribution in [3.63, 3.8) is 0 Å². The zero-order chi connectivity index (χ0) is 14.5. The third kappa shape index (κ3) is 4.14. The molecular formula is C12H16BrF2NO2S. The van der Waals surface area contributed by atoms with Gasteiger partial charge in [0.1, 0.15) is 0 Å². The van der Waals surface area contributed by atoms with Crippen molar-refractivity contribution in [2.45, 2.75) is 24.0 Å². The summed E-state index contributed by atoms with van der Waals surface area (Å²) in [4.78, 5) is 1.72. The number of sulfone groups is 1. The number of alkyl halides is 3. The van der Waals surface area contributed by atoms with Crippen LogP contribution in [0.4, 0.5) is 14.5 Å². The SMILES string of the molecule is CCCN(CCBr)c1ccc(S(=O)(=O)C(F)F)cc1. The first kappa shape index (κ1) is 16.4. The highest BCUT2D eigenvalue weighted by Gasteiger charge is 2.26. The molecule has 108 valence electrons. The van der Waals surface area contributed by atoms with E-state index in [0.29, 0.717) is 0 Å². The molecule has 0 unspecified atom stereocenters. The van der Waals surface area contributed by atoms with Gasteiger partial charge in [-0.05, 0) is 30.7 Å². The van der Waals surface area contributed by atoms with Gasteiger partial charge in [0.05, 0.1) is 4.90 Å². The van der Waals surface area contributed by atoms with Crippen LogP contribution in [-0.2, 0) is 9.84 Å². The van der Waals surface area contributed by atoms with Crippen molar-refractivity contribution in [1.82, 2.24) is 0 Å². The highest BCUT2D eigenvalue weighted by Crippen LogP contribution is 2.22. The van der Waals surface area contributed by atoms with Gasteiger partial charge in [0.15, 0.2) is 0 Å². The summed E-state index contributed by atoms with van der Waals surface area (Å²) in [6.07, 6.45) is 0.948. The van der Waals surface area contributed by atoms with Gasteiger partial charge in [-0.3, -0.25) is 0 Å². The van der Waals surface area contributed by atoms with E-state index >= 15 is 0 Å². The van der Waals surface area contributed by atoms with Gasteiger partial charge in [-0.2, -0.15) is 8.78 Å². The molecule has 1 aromatic carbocycles. The molecule has 3 nitrogen and oxygen atoms in total. The van der Waals surface area contributed by atoms with E-state index < -0.39 is 15.6 Å². The Labute approximate surface area is 120 Å². The van der Waals surface area contributed by atoms with Gasteiger partial charge in [-0.1, -0.05) is 22.9 Å². The summed E-state index contributed by atoms with van der Waals surface area (Å²) < 4.78 is 47.4. The second-order valence-electron chi connectivity index (χ2n) is 3.98. The average molecular weight is 356 g/mol. The number of nitrogens with zero attached hydrogens (tertiary/aromatic N) is 1. The van der Waals surface area contributed by atoms with Gasteiger partial charge in [0.2, 0.25) is 9.84 Å². The molecule has 1 aromatic rings.